The summed E-state index contributed by atoms with van der Waals surface area (Å²) < 4.78 is 2.15. The van der Waals surface area contributed by atoms with Crippen LogP contribution >= 0.6 is 15.9 Å². The number of halogens is 1. The number of aryl methyl sites for hydroxylation is 1. The van der Waals surface area contributed by atoms with Crippen molar-refractivity contribution in [2.75, 3.05) is 38.5 Å². The van der Waals surface area contributed by atoms with Crippen LogP contribution in [-0.2, 0) is 29.7 Å². The summed E-state index contributed by atoms with van der Waals surface area (Å²) in [4.78, 5) is 56.0. The van der Waals surface area contributed by atoms with Crippen LogP contribution in [-0.4, -0.2) is 82.3 Å². The van der Waals surface area contributed by atoms with Crippen LogP contribution in [0.4, 0.5) is 5.69 Å². The minimum atomic E-state index is -0.582. The van der Waals surface area contributed by atoms with E-state index in [9.17, 15) is 19.2 Å². The smallest absolute Gasteiger partial charge is 0.266 e. The van der Waals surface area contributed by atoms with E-state index in [-0.39, 0.29) is 35.7 Å². The molecule has 1 aromatic heterocycles. The Morgan fingerprint density at radius 2 is 1.65 bits per heavy atom. The molecule has 252 valence electrons. The summed E-state index contributed by atoms with van der Waals surface area (Å²) in [7, 11) is 3.92. The molecule has 3 saturated heterocycles. The van der Waals surface area contributed by atoms with Gasteiger partial charge in [-0.2, -0.15) is 0 Å². The first-order valence-electron chi connectivity index (χ1n) is 17.0. The van der Waals surface area contributed by atoms with Crippen molar-refractivity contribution in [3.8, 4) is 0 Å². The maximum atomic E-state index is 13.1. The van der Waals surface area contributed by atoms with Crippen LogP contribution in [0.1, 0.15) is 76.6 Å². The number of anilines is 1. The van der Waals surface area contributed by atoms with Gasteiger partial charge in [0.2, 0.25) is 11.8 Å². The second-order valence-electron chi connectivity index (χ2n) is 14.1. The highest BCUT2D eigenvalue weighted by Crippen LogP contribution is 2.34. The zero-order chi connectivity index (χ0) is 33.5. The monoisotopic (exact) mass is 714 g/mol. The van der Waals surface area contributed by atoms with Crippen molar-refractivity contribution in [1.29, 1.82) is 0 Å². The maximum absolute atomic E-state index is 13.1. The number of nitrogens with one attached hydrogen (secondary N) is 2. The van der Waals surface area contributed by atoms with Gasteiger partial charge >= 0.3 is 0 Å². The third-order valence-electron chi connectivity index (χ3n) is 10.7. The summed E-state index contributed by atoms with van der Waals surface area (Å²) in [6.07, 6.45) is 5.58. The van der Waals surface area contributed by atoms with Crippen LogP contribution in [0.2, 0.25) is 0 Å². The number of likely N-dealkylation sites (tertiary alicyclic amines) is 2. The van der Waals surface area contributed by atoms with E-state index in [4.69, 9.17) is 0 Å². The largest absolute Gasteiger partial charge is 0.380 e. The van der Waals surface area contributed by atoms with Gasteiger partial charge in [0, 0.05) is 57.4 Å². The second-order valence-corrected chi connectivity index (χ2v) is 14.9. The van der Waals surface area contributed by atoms with Gasteiger partial charge in [-0.05, 0) is 108 Å². The summed E-state index contributed by atoms with van der Waals surface area (Å²) in [5, 5.41) is 5.99. The molecule has 3 aromatic rings. The van der Waals surface area contributed by atoms with E-state index in [2.05, 4.69) is 79.8 Å². The van der Waals surface area contributed by atoms with Crippen molar-refractivity contribution in [2.45, 2.75) is 69.1 Å². The molecule has 0 radical (unpaired) electrons. The van der Waals surface area contributed by atoms with E-state index < -0.39 is 6.04 Å². The summed E-state index contributed by atoms with van der Waals surface area (Å²) in [6, 6.07) is 17.0. The Morgan fingerprint density at radius 1 is 0.896 bits per heavy atom. The Balaban J connectivity index is 0.921. The summed E-state index contributed by atoms with van der Waals surface area (Å²) in [5.41, 5.74) is 6.40. The molecule has 4 aliphatic heterocycles. The number of hydrogen-bond acceptors (Lipinski definition) is 7. The van der Waals surface area contributed by atoms with Crippen LogP contribution < -0.4 is 16.2 Å². The molecule has 4 aliphatic rings. The normalized spacial score (nSPS) is 24.1. The molecule has 0 aliphatic carbocycles. The van der Waals surface area contributed by atoms with Gasteiger partial charge in [0.15, 0.2) is 0 Å². The molecule has 11 heteroatoms. The molecule has 2 N–H and O–H groups in total. The van der Waals surface area contributed by atoms with Gasteiger partial charge < -0.3 is 19.7 Å². The average Bonchev–Trinajstić information content (AvgIpc) is 3.40. The van der Waals surface area contributed by atoms with Crippen molar-refractivity contribution >= 4 is 39.3 Å². The summed E-state index contributed by atoms with van der Waals surface area (Å²) in [6.45, 7) is 5.32. The highest BCUT2D eigenvalue weighted by molar-refractivity contribution is 9.10. The number of amides is 3. The van der Waals surface area contributed by atoms with Gasteiger partial charge in [-0.3, -0.25) is 29.4 Å². The SMILES string of the molecule is CN1CC(Nc2ccn(C)c(=O)c2Br)CC(c2ccc(CN3CCC(c4ccc5c(c4)CN(C4CCC(=O)NC4=O)C5=O)CC3)cc2)C1. The first kappa shape index (κ1) is 32.7. The van der Waals surface area contributed by atoms with Crippen LogP contribution in [0.25, 0.3) is 0 Å². The quantitative estimate of drug-likeness (QED) is 0.354. The van der Waals surface area contributed by atoms with Crippen LogP contribution in [0.15, 0.2) is 64.0 Å². The number of benzene rings is 2. The second kappa shape index (κ2) is 13.6. The summed E-state index contributed by atoms with van der Waals surface area (Å²) >= 11 is 3.48. The molecule has 3 atom stereocenters. The molecule has 3 fully saturated rings. The number of piperidine rings is 3. The molecule has 0 spiro atoms. The minimum Gasteiger partial charge on any atom is -0.380 e. The summed E-state index contributed by atoms with van der Waals surface area (Å²) in [5.74, 6) is 0.0970. The number of rotatable bonds is 7. The van der Waals surface area contributed by atoms with E-state index in [0.717, 1.165) is 63.2 Å². The molecule has 10 nitrogen and oxygen atoms in total. The fourth-order valence-electron chi connectivity index (χ4n) is 8.02. The van der Waals surface area contributed by atoms with Gasteiger partial charge in [-0.1, -0.05) is 36.4 Å². The van der Waals surface area contributed by atoms with Crippen LogP contribution in [0.3, 0.4) is 0 Å². The molecule has 5 heterocycles. The lowest BCUT2D eigenvalue weighted by atomic mass is 9.87. The van der Waals surface area contributed by atoms with Crippen LogP contribution in [0.5, 0.6) is 0 Å². The molecule has 7 rings (SSSR count). The number of fused-ring (bicyclic) bond motifs is 1. The zero-order valence-corrected chi connectivity index (χ0v) is 29.2. The van der Waals surface area contributed by atoms with Gasteiger partial charge in [0.05, 0.1) is 5.69 Å². The van der Waals surface area contributed by atoms with Gasteiger partial charge in [-0.25, -0.2) is 0 Å². The van der Waals surface area contributed by atoms with Crippen molar-refractivity contribution < 1.29 is 14.4 Å². The molecule has 3 amide bonds. The van der Waals surface area contributed by atoms with Gasteiger partial charge in [0.1, 0.15) is 10.5 Å². The number of nitrogens with zero attached hydrogens (tertiary/aromatic N) is 4. The Hall–Kier alpha value is -3.80. The van der Waals surface area contributed by atoms with Crippen LogP contribution in [0, 0.1) is 0 Å². The van der Waals surface area contributed by atoms with Gasteiger partial charge in [-0.15, -0.1) is 0 Å². The van der Waals surface area contributed by atoms with Crippen molar-refractivity contribution in [2.24, 2.45) is 7.05 Å². The topological polar surface area (TPSA) is 107 Å². The van der Waals surface area contributed by atoms with Gasteiger partial charge in [0.25, 0.3) is 11.5 Å². The van der Waals surface area contributed by atoms with Crippen molar-refractivity contribution in [3.63, 3.8) is 0 Å². The zero-order valence-electron chi connectivity index (χ0n) is 27.6. The Bertz CT molecular complexity index is 1780. The number of imide groups is 1. The Labute approximate surface area is 289 Å². The first-order chi connectivity index (χ1) is 23.1. The maximum Gasteiger partial charge on any atom is 0.266 e. The molecular weight excluding hydrogens is 672 g/mol. The molecule has 0 bridgehead atoms. The fraction of sp³-hybridized carbons (Fsp3) is 0.459. The van der Waals surface area contributed by atoms with E-state index in [1.807, 2.05) is 12.1 Å². The average molecular weight is 716 g/mol. The molecule has 48 heavy (non-hydrogen) atoms. The lowest BCUT2D eigenvalue weighted by Gasteiger charge is -2.37. The minimum absolute atomic E-state index is 0.0402. The highest BCUT2D eigenvalue weighted by Gasteiger charge is 2.39. The highest BCUT2D eigenvalue weighted by atomic mass is 79.9. The first-order valence-corrected chi connectivity index (χ1v) is 17.8. The third kappa shape index (κ3) is 6.73. The molecular formula is C37H43BrN6O4. The number of hydrogen-bond donors (Lipinski definition) is 2. The molecule has 2 aromatic carbocycles. The lowest BCUT2D eigenvalue weighted by Crippen LogP contribution is -2.52. The van der Waals surface area contributed by atoms with E-state index in [1.54, 1.807) is 22.7 Å². The molecule has 3 unspecified atom stereocenters. The number of likely N-dealkylation sites (N-methyl/N-ethyl adjacent to an activating group) is 1. The Kier molecular flexibility index (Phi) is 9.28. The number of aromatic nitrogens is 1. The Morgan fingerprint density at radius 3 is 2.40 bits per heavy atom. The van der Waals surface area contributed by atoms with Crippen molar-refractivity contribution in [1.82, 2.24) is 24.6 Å². The van der Waals surface area contributed by atoms with Crippen molar-refractivity contribution in [3.05, 3.63) is 97.4 Å². The lowest BCUT2D eigenvalue weighted by molar-refractivity contribution is -0.136. The number of carbonyl (C=O) groups is 3. The fourth-order valence-corrected chi connectivity index (χ4v) is 8.55. The van der Waals surface area contributed by atoms with E-state index in [0.29, 0.717) is 34.8 Å². The van der Waals surface area contributed by atoms with E-state index >= 15 is 0 Å². The third-order valence-corrected chi connectivity index (χ3v) is 11.4. The van der Waals surface area contributed by atoms with E-state index in [1.165, 1.54) is 16.7 Å². The predicted molar refractivity (Wildman–Crippen MR) is 188 cm³/mol. The number of carbonyl (C=O) groups excluding carboxylic acids is 3. The predicted octanol–water partition coefficient (Wildman–Crippen LogP) is 4.19. The standard InChI is InChI=1S/C37H43BrN6O4/c1-41-20-27(18-29(22-41)39-31-13-14-42(2)37(48)34(31)38)24-5-3-23(4-6-24)19-43-15-11-25(12-16-43)26-7-8-30-28(17-26)21-44(36(30)47)32-9-10-33(45)40-35(32)46/h3-8,13-14,17,25,27,29,32,39H,9-12,15-16,18-22H2,1-2H3,(H,40,45,46). The number of pyridine rings is 1. The molecule has 0 saturated carbocycles.